The summed E-state index contributed by atoms with van der Waals surface area (Å²) in [6.45, 7) is 3.96. The fourth-order valence-corrected chi connectivity index (χ4v) is 5.60. The summed E-state index contributed by atoms with van der Waals surface area (Å²) in [6, 6.07) is 17.9. The number of ether oxygens (including phenoxy) is 6. The van der Waals surface area contributed by atoms with Crippen molar-refractivity contribution in [3.8, 4) is 46.1 Å². The number of aromatic nitrogens is 2. The van der Waals surface area contributed by atoms with Crippen molar-refractivity contribution in [1.29, 1.82) is 0 Å². The monoisotopic (exact) mass is 789 g/mol. The van der Waals surface area contributed by atoms with Crippen LogP contribution in [-0.4, -0.2) is 58.7 Å². The van der Waals surface area contributed by atoms with Gasteiger partial charge in [-0.1, -0.05) is 60.7 Å². The Morgan fingerprint density at radius 2 is 0.979 bits per heavy atom. The Hall–Kier alpha value is -2.77. The molecule has 2 N–H and O–H groups in total. The van der Waals surface area contributed by atoms with Gasteiger partial charge in [0.05, 0.1) is 53.8 Å². The third kappa shape index (κ3) is 9.66. The number of halogens is 1. The summed E-state index contributed by atoms with van der Waals surface area (Å²) in [5.74, 6) is 3.34. The average Bonchev–Trinajstić information content (AvgIpc) is 3.11. The van der Waals surface area contributed by atoms with E-state index in [4.69, 9.17) is 39.9 Å². The molecule has 2 unspecified atom stereocenters. The van der Waals surface area contributed by atoms with Gasteiger partial charge in [-0.15, -0.1) is 24.5 Å². The van der Waals surface area contributed by atoms with Gasteiger partial charge in [0.25, 0.3) is 0 Å². The number of hydrogen-bond acceptors (Lipinski definition) is 8. The molecule has 3 atom stereocenters. The fraction of sp³-hybridized carbons (Fsp3) is 0.333. The second-order valence-corrected chi connectivity index (χ2v) is 11.5. The van der Waals surface area contributed by atoms with E-state index in [2.05, 4.69) is 38.1 Å². The van der Waals surface area contributed by atoms with Gasteiger partial charge >= 0.3 is 27.0 Å². The summed E-state index contributed by atoms with van der Waals surface area (Å²) in [7, 11) is 19.3. The van der Waals surface area contributed by atoms with Gasteiger partial charge in [0.15, 0.2) is 0 Å². The number of pyridine rings is 2. The van der Waals surface area contributed by atoms with Gasteiger partial charge in [0.1, 0.15) is 11.5 Å². The van der Waals surface area contributed by atoms with E-state index in [9.17, 15) is 0 Å². The van der Waals surface area contributed by atoms with Gasteiger partial charge in [-0.05, 0) is 34.9 Å². The molecule has 0 saturated heterocycles. The fourth-order valence-electron chi connectivity index (χ4n) is 4.77. The molecule has 4 aromatic rings. The Bertz CT molecular complexity index is 1460. The summed E-state index contributed by atoms with van der Waals surface area (Å²) >= 11 is 1.82. The SMILES string of the molecule is COc1cc(P)c(-c2c(P)cc(OC)nc2OC)c(OC)n1.COc1ccc(C([NH-])(c2ccc(OC)cc2)[C@@H]([NH-])C(C)C)cc1.[Cl][Ru+2]. The van der Waals surface area contributed by atoms with Crippen molar-refractivity contribution in [2.45, 2.75) is 25.4 Å². The van der Waals surface area contributed by atoms with Crippen LogP contribution < -0.4 is 39.0 Å². The van der Waals surface area contributed by atoms with E-state index in [0.29, 0.717) is 23.5 Å². The number of methoxy groups -OCH3 is 6. The second kappa shape index (κ2) is 19.3. The molecule has 2 aromatic heterocycles. The Labute approximate surface area is 296 Å². The van der Waals surface area contributed by atoms with Crippen molar-refractivity contribution in [1.82, 2.24) is 9.97 Å². The Morgan fingerprint density at radius 3 is 1.23 bits per heavy atom. The van der Waals surface area contributed by atoms with Crippen molar-refractivity contribution < 1.29 is 45.7 Å². The molecule has 0 saturated carbocycles. The van der Waals surface area contributed by atoms with Crippen LogP contribution in [0.5, 0.6) is 35.0 Å². The number of benzene rings is 2. The van der Waals surface area contributed by atoms with Crippen LogP contribution in [0.15, 0.2) is 60.7 Å². The molecule has 0 fully saturated rings. The minimum absolute atomic E-state index is 0.0525. The van der Waals surface area contributed by atoms with Gasteiger partial charge in [0.2, 0.25) is 23.5 Å². The Morgan fingerprint density at radius 1 is 0.638 bits per heavy atom. The topological polar surface area (TPSA) is 129 Å². The molecular weight excluding hydrogens is 747 g/mol. The zero-order chi connectivity index (χ0) is 35.3. The molecule has 0 aliphatic carbocycles. The summed E-state index contributed by atoms with van der Waals surface area (Å²) in [6.07, 6.45) is 0. The number of nitrogens with zero attached hydrogens (tertiary/aromatic N) is 2. The van der Waals surface area contributed by atoms with E-state index in [1.807, 2.05) is 79.7 Å². The molecule has 255 valence electrons. The van der Waals surface area contributed by atoms with Crippen molar-refractivity contribution in [2.75, 3.05) is 42.7 Å². The third-order valence-electron chi connectivity index (χ3n) is 7.27. The van der Waals surface area contributed by atoms with Crippen LogP contribution in [0.1, 0.15) is 25.0 Å². The van der Waals surface area contributed by atoms with Gasteiger partial charge < -0.3 is 39.9 Å². The van der Waals surface area contributed by atoms with Crippen LogP contribution in [0.4, 0.5) is 0 Å². The molecule has 10 nitrogen and oxygen atoms in total. The van der Waals surface area contributed by atoms with Gasteiger partial charge in [-0.3, -0.25) is 0 Å². The standard InChI is InChI=1S/C19H24N2O2.C14H18N2O4P2.ClH.Ru/c1-13(2)18(20)19(21,14-5-9-16(22-3)10-6-14)15-7-11-17(23-4)12-8-15;1-17-9-5-7(21)11(13(15-9)19-3)12-8(22)6-10(18-2)16-14(12)20-4;;/h5-13,18,20-21H,1-4H3;5-6H,21-22H2,1-4H3;1H;/q-2;;;+3/p-1/t18-;;;/m0.../s1. The van der Waals surface area contributed by atoms with Crippen molar-refractivity contribution in [3.63, 3.8) is 0 Å². The second-order valence-electron chi connectivity index (χ2n) is 10.3. The molecule has 14 heteroatoms. The van der Waals surface area contributed by atoms with Crippen LogP contribution in [0.3, 0.4) is 0 Å². The molecule has 0 bridgehead atoms. The molecule has 2 heterocycles. The van der Waals surface area contributed by atoms with Gasteiger partial charge in [-0.2, -0.15) is 9.97 Å². The first-order chi connectivity index (χ1) is 22.5. The molecule has 2 aromatic carbocycles. The van der Waals surface area contributed by atoms with E-state index < -0.39 is 11.6 Å². The number of hydrogen-bond donors (Lipinski definition) is 0. The van der Waals surface area contributed by atoms with E-state index in [1.54, 1.807) is 54.8 Å². The first-order valence-electron chi connectivity index (χ1n) is 14.1. The van der Waals surface area contributed by atoms with Crippen molar-refractivity contribution in [2.24, 2.45) is 5.92 Å². The van der Waals surface area contributed by atoms with Crippen molar-refractivity contribution in [3.05, 3.63) is 83.3 Å². The molecule has 0 radical (unpaired) electrons. The zero-order valence-electron chi connectivity index (χ0n) is 27.7. The van der Waals surface area contributed by atoms with Gasteiger partial charge in [-0.25, -0.2) is 0 Å². The van der Waals surface area contributed by atoms with Crippen LogP contribution in [-0.2, 0) is 22.9 Å². The molecule has 47 heavy (non-hydrogen) atoms. The van der Waals surface area contributed by atoms with Gasteiger partial charge in [0, 0.05) is 12.1 Å². The molecule has 0 spiro atoms. The quantitative estimate of drug-likeness (QED) is 0.118. The normalized spacial score (nSPS) is 11.3. The van der Waals surface area contributed by atoms with E-state index in [-0.39, 0.29) is 5.92 Å². The van der Waals surface area contributed by atoms with Crippen LogP contribution in [0.25, 0.3) is 22.6 Å². The average molecular weight is 789 g/mol. The minimum atomic E-state index is -1.15. The Kier molecular flexibility index (Phi) is 16.6. The van der Waals surface area contributed by atoms with E-state index in [1.165, 1.54) is 0 Å². The maximum atomic E-state index is 9.12. The zero-order valence-corrected chi connectivity index (χ0v) is 32.5. The molecular formula is C33H42ClN4O6P2Ru. The third-order valence-corrected chi connectivity index (χ3v) is 8.18. The first-order valence-corrected chi connectivity index (χ1v) is 17.5. The van der Waals surface area contributed by atoms with E-state index >= 15 is 0 Å². The number of rotatable bonds is 11. The molecule has 4 rings (SSSR count). The summed E-state index contributed by atoms with van der Waals surface area (Å²) in [5.41, 5.74) is 19.7. The predicted octanol–water partition coefficient (Wildman–Crippen LogP) is 6.94. The summed E-state index contributed by atoms with van der Waals surface area (Å²) < 4.78 is 31.6. The van der Waals surface area contributed by atoms with E-state index in [0.717, 1.165) is 44.4 Å². The summed E-state index contributed by atoms with van der Waals surface area (Å²) in [5, 5.41) is 1.72. The first kappa shape index (κ1) is 40.4. The number of nitrogens with one attached hydrogen (secondary N) is 2. The Balaban J connectivity index is 0.000000311. The van der Waals surface area contributed by atoms with Crippen LogP contribution in [0, 0.1) is 5.92 Å². The van der Waals surface area contributed by atoms with Crippen LogP contribution in [0.2, 0.25) is 0 Å². The molecule has 0 aliphatic heterocycles. The van der Waals surface area contributed by atoms with Crippen molar-refractivity contribution >= 4 is 38.8 Å². The van der Waals surface area contributed by atoms with Crippen LogP contribution >= 0.6 is 28.2 Å². The molecule has 0 amide bonds. The maximum absolute atomic E-state index is 9.12. The summed E-state index contributed by atoms with van der Waals surface area (Å²) in [4.78, 5) is 8.65. The predicted molar refractivity (Wildman–Crippen MR) is 192 cm³/mol. The molecule has 0 aliphatic rings.